The molecule has 98 valence electrons. The van der Waals surface area contributed by atoms with Gasteiger partial charge in [-0.1, -0.05) is 32.2 Å². The first-order valence-corrected chi connectivity index (χ1v) is 11.7. The first-order valence-electron chi connectivity index (χ1n) is 6.66. The zero-order valence-corrected chi connectivity index (χ0v) is 13.8. The summed E-state index contributed by atoms with van der Waals surface area (Å²) in [6, 6.07) is 1.29. The minimum atomic E-state index is -2.21. The molecule has 0 amide bonds. The standard InChI is InChI=1S/C11H28O3Si2/c1-5-9-10-11-15-16(12-6-2,13-7-3)14-8-4/h5-11,15H2,1-4H3. The Balaban J connectivity index is 4.12. The second-order valence-corrected chi connectivity index (χ2v) is 11.3. The van der Waals surface area contributed by atoms with Crippen molar-refractivity contribution in [1.29, 1.82) is 0 Å². The number of hydrogen-bond donors (Lipinski definition) is 0. The number of unbranched alkanes of at least 4 members (excludes halogenated alkanes) is 2. The van der Waals surface area contributed by atoms with Crippen LogP contribution in [0.3, 0.4) is 0 Å². The van der Waals surface area contributed by atoms with Gasteiger partial charge in [-0.25, -0.2) is 0 Å². The predicted molar refractivity (Wildman–Crippen MR) is 73.5 cm³/mol. The Bertz CT molecular complexity index is 139. The first kappa shape index (κ1) is 16.3. The molecule has 3 nitrogen and oxygen atoms in total. The Morgan fingerprint density at radius 2 is 1.31 bits per heavy atom. The SMILES string of the molecule is CCCCC[SiH2][Si](OCC)(OCC)OCC. The molecule has 0 bridgehead atoms. The summed E-state index contributed by atoms with van der Waals surface area (Å²) in [7, 11) is -2.57. The molecule has 0 rings (SSSR count). The van der Waals surface area contributed by atoms with Crippen molar-refractivity contribution >= 4 is 17.4 Å². The van der Waals surface area contributed by atoms with Crippen LogP contribution in [0, 0.1) is 0 Å². The van der Waals surface area contributed by atoms with Gasteiger partial charge in [0.25, 0.3) is 0 Å². The van der Waals surface area contributed by atoms with Crippen LogP contribution < -0.4 is 0 Å². The summed E-state index contributed by atoms with van der Waals surface area (Å²) in [5.41, 5.74) is 0. The molecule has 0 aliphatic heterocycles. The largest absolute Gasteiger partial charge is 0.462 e. The maximum Gasteiger partial charge on any atom is 0.462 e. The molecular formula is C11H28O3Si2. The lowest BCUT2D eigenvalue weighted by molar-refractivity contribution is 0.0928. The molecule has 0 spiro atoms. The van der Waals surface area contributed by atoms with E-state index in [0.717, 1.165) is 0 Å². The molecule has 0 aliphatic rings. The van der Waals surface area contributed by atoms with Crippen molar-refractivity contribution < 1.29 is 13.3 Å². The van der Waals surface area contributed by atoms with Gasteiger partial charge in [-0.15, -0.1) is 0 Å². The van der Waals surface area contributed by atoms with Gasteiger partial charge in [-0.05, 0) is 20.8 Å². The molecule has 0 saturated carbocycles. The van der Waals surface area contributed by atoms with Gasteiger partial charge in [0, 0.05) is 19.8 Å². The van der Waals surface area contributed by atoms with Crippen LogP contribution in [-0.4, -0.2) is 37.2 Å². The van der Waals surface area contributed by atoms with Crippen molar-refractivity contribution in [1.82, 2.24) is 0 Å². The molecule has 0 N–H and O–H groups in total. The summed E-state index contributed by atoms with van der Waals surface area (Å²) in [6.45, 7) is 10.5. The van der Waals surface area contributed by atoms with Crippen LogP contribution in [0.25, 0.3) is 0 Å². The fourth-order valence-electron chi connectivity index (χ4n) is 1.77. The first-order chi connectivity index (χ1) is 7.74. The van der Waals surface area contributed by atoms with Crippen LogP contribution in [0.4, 0.5) is 0 Å². The molecule has 0 heterocycles. The zero-order valence-electron chi connectivity index (χ0n) is 11.4. The highest BCUT2D eigenvalue weighted by Crippen LogP contribution is 2.12. The Morgan fingerprint density at radius 3 is 1.69 bits per heavy atom. The van der Waals surface area contributed by atoms with Gasteiger partial charge in [0.15, 0.2) is 0 Å². The van der Waals surface area contributed by atoms with E-state index < -0.39 is 8.32 Å². The lowest BCUT2D eigenvalue weighted by Crippen LogP contribution is -2.52. The van der Waals surface area contributed by atoms with E-state index in [9.17, 15) is 0 Å². The Kier molecular flexibility index (Phi) is 10.7. The second-order valence-electron chi connectivity index (χ2n) is 3.79. The van der Waals surface area contributed by atoms with Crippen LogP contribution in [0.1, 0.15) is 47.0 Å². The van der Waals surface area contributed by atoms with Crippen LogP contribution in [0.15, 0.2) is 0 Å². The molecule has 0 radical (unpaired) electrons. The van der Waals surface area contributed by atoms with Crippen LogP contribution >= 0.6 is 0 Å². The number of hydrogen-bond acceptors (Lipinski definition) is 3. The average Bonchev–Trinajstić information content (AvgIpc) is 2.26. The third kappa shape index (κ3) is 6.80. The molecule has 16 heavy (non-hydrogen) atoms. The molecule has 0 aliphatic carbocycles. The van der Waals surface area contributed by atoms with Gasteiger partial charge in [0.1, 0.15) is 9.04 Å². The van der Waals surface area contributed by atoms with E-state index in [1.807, 2.05) is 20.8 Å². The van der Waals surface area contributed by atoms with Crippen molar-refractivity contribution in [3.63, 3.8) is 0 Å². The Labute approximate surface area is 104 Å². The lowest BCUT2D eigenvalue weighted by Gasteiger charge is -2.28. The van der Waals surface area contributed by atoms with E-state index in [4.69, 9.17) is 13.3 Å². The fourth-order valence-corrected chi connectivity index (χ4v) is 9.99. The molecular weight excluding hydrogens is 236 g/mol. The van der Waals surface area contributed by atoms with E-state index >= 15 is 0 Å². The lowest BCUT2D eigenvalue weighted by atomic mass is 10.3. The van der Waals surface area contributed by atoms with Gasteiger partial charge in [-0.2, -0.15) is 0 Å². The third-order valence-corrected chi connectivity index (χ3v) is 10.8. The second kappa shape index (κ2) is 10.5. The summed E-state index contributed by atoms with van der Waals surface area (Å²) in [4.78, 5) is 0. The highest BCUT2D eigenvalue weighted by atomic mass is 29.2. The van der Waals surface area contributed by atoms with Crippen LogP contribution in [-0.2, 0) is 13.3 Å². The summed E-state index contributed by atoms with van der Waals surface area (Å²) in [5.74, 6) is 0. The molecule has 5 heteroatoms. The minimum absolute atomic E-state index is 0.363. The molecule has 0 aromatic rings. The van der Waals surface area contributed by atoms with Crippen LogP contribution in [0.2, 0.25) is 6.04 Å². The summed E-state index contributed by atoms with van der Waals surface area (Å²) >= 11 is 0. The molecule has 0 saturated heterocycles. The Hall–Kier alpha value is 0.314. The van der Waals surface area contributed by atoms with Crippen molar-refractivity contribution in [2.75, 3.05) is 19.8 Å². The predicted octanol–water partition coefficient (Wildman–Crippen LogP) is 2.31. The molecule has 0 aromatic carbocycles. The van der Waals surface area contributed by atoms with Gasteiger partial charge in [0.2, 0.25) is 0 Å². The normalized spacial score (nSPS) is 12.8. The van der Waals surface area contributed by atoms with E-state index in [0.29, 0.717) is 19.8 Å². The van der Waals surface area contributed by atoms with Crippen molar-refractivity contribution in [2.45, 2.75) is 53.0 Å². The molecule has 0 aromatic heterocycles. The average molecular weight is 265 g/mol. The fraction of sp³-hybridized carbons (Fsp3) is 1.00. The maximum absolute atomic E-state index is 5.85. The third-order valence-electron chi connectivity index (χ3n) is 2.43. The summed E-state index contributed by atoms with van der Waals surface area (Å²) < 4.78 is 17.5. The Morgan fingerprint density at radius 1 is 0.812 bits per heavy atom. The minimum Gasteiger partial charge on any atom is -0.377 e. The summed E-state index contributed by atoms with van der Waals surface area (Å²) in [6.07, 6.45) is 3.91. The highest BCUT2D eigenvalue weighted by molar-refractivity contribution is 7.14. The quantitative estimate of drug-likeness (QED) is 0.423. The zero-order chi connectivity index (χ0) is 12.3. The topological polar surface area (TPSA) is 27.7 Å². The van der Waals surface area contributed by atoms with E-state index in [1.165, 1.54) is 25.3 Å². The van der Waals surface area contributed by atoms with Gasteiger partial charge in [-0.3, -0.25) is 0 Å². The van der Waals surface area contributed by atoms with Crippen molar-refractivity contribution in [3.05, 3.63) is 0 Å². The smallest absolute Gasteiger partial charge is 0.377 e. The van der Waals surface area contributed by atoms with Gasteiger partial charge < -0.3 is 13.3 Å². The van der Waals surface area contributed by atoms with E-state index in [-0.39, 0.29) is 9.04 Å². The van der Waals surface area contributed by atoms with Crippen molar-refractivity contribution in [2.24, 2.45) is 0 Å². The molecule has 0 atom stereocenters. The maximum atomic E-state index is 5.85. The highest BCUT2D eigenvalue weighted by Gasteiger charge is 2.38. The van der Waals surface area contributed by atoms with E-state index in [2.05, 4.69) is 6.92 Å². The van der Waals surface area contributed by atoms with Gasteiger partial charge >= 0.3 is 8.32 Å². The van der Waals surface area contributed by atoms with E-state index in [1.54, 1.807) is 0 Å². The number of rotatable bonds is 11. The van der Waals surface area contributed by atoms with Gasteiger partial charge in [0.05, 0.1) is 0 Å². The van der Waals surface area contributed by atoms with Crippen molar-refractivity contribution in [3.8, 4) is 0 Å². The van der Waals surface area contributed by atoms with Crippen LogP contribution in [0.5, 0.6) is 0 Å². The molecule has 0 fully saturated rings. The monoisotopic (exact) mass is 264 g/mol. The molecule has 0 unspecified atom stereocenters. The summed E-state index contributed by atoms with van der Waals surface area (Å²) in [5, 5.41) is 0.